The number of likely N-dealkylation sites (tertiary alicyclic amines) is 1. The van der Waals surface area contributed by atoms with Gasteiger partial charge in [-0.1, -0.05) is 103 Å². The zero-order chi connectivity index (χ0) is 27.5. The number of thioether (sulfide) groups is 1. The van der Waals surface area contributed by atoms with Gasteiger partial charge in [-0.25, -0.2) is 0 Å². The molecule has 3 aliphatic rings. The number of hydrogen-bond donors (Lipinski definition) is 0. The van der Waals surface area contributed by atoms with Gasteiger partial charge in [0.1, 0.15) is 9.07 Å². The quantitative estimate of drug-likeness (QED) is 0.270. The number of anilines is 1. The molecular weight excluding hydrogens is 555 g/mol. The lowest BCUT2D eigenvalue weighted by atomic mass is 9.72. The molecule has 3 aliphatic heterocycles. The van der Waals surface area contributed by atoms with Gasteiger partial charge in [0.15, 0.2) is 5.54 Å². The van der Waals surface area contributed by atoms with Crippen molar-refractivity contribution >= 4 is 57.1 Å². The Balaban J connectivity index is 1.43. The van der Waals surface area contributed by atoms with E-state index in [-0.39, 0.29) is 17.7 Å². The highest BCUT2D eigenvalue weighted by molar-refractivity contribution is 8.25. The number of benzene rings is 3. The third-order valence-electron chi connectivity index (χ3n) is 8.54. The topological polar surface area (TPSA) is 43.9 Å². The molecule has 7 rings (SSSR count). The summed E-state index contributed by atoms with van der Waals surface area (Å²) in [6, 6.07) is 30.0. The maximum Gasteiger partial charge on any atom is 0.254 e. The lowest BCUT2D eigenvalue weighted by molar-refractivity contribution is -0.139. The maximum absolute atomic E-state index is 15.1. The van der Waals surface area contributed by atoms with E-state index in [1.807, 2.05) is 102 Å². The Morgan fingerprint density at radius 1 is 0.825 bits per heavy atom. The van der Waals surface area contributed by atoms with E-state index in [1.165, 1.54) is 11.8 Å². The molecule has 0 radical (unpaired) electrons. The van der Waals surface area contributed by atoms with Crippen molar-refractivity contribution in [3.8, 4) is 0 Å². The van der Waals surface area contributed by atoms with Gasteiger partial charge in [0, 0.05) is 23.7 Å². The molecule has 0 N–H and O–H groups in total. The predicted octanol–water partition coefficient (Wildman–Crippen LogP) is 6.02. The maximum atomic E-state index is 15.1. The lowest BCUT2D eigenvalue weighted by Crippen LogP contribution is -2.62. The van der Waals surface area contributed by atoms with Crippen molar-refractivity contribution in [1.82, 2.24) is 9.80 Å². The second-order valence-corrected chi connectivity index (χ2v) is 13.2. The number of likely N-dealkylation sites (N-methyl/N-ethyl adjacent to an activating group) is 1. The van der Waals surface area contributed by atoms with Gasteiger partial charge in [-0.05, 0) is 46.6 Å². The highest BCUT2D eigenvalue weighted by Crippen LogP contribution is 2.67. The first-order chi connectivity index (χ1) is 19.5. The van der Waals surface area contributed by atoms with Crippen LogP contribution in [0.5, 0.6) is 0 Å². The summed E-state index contributed by atoms with van der Waals surface area (Å²) in [5.74, 6) is -0.367. The second kappa shape index (κ2) is 9.66. The van der Waals surface area contributed by atoms with Crippen LogP contribution in [0.1, 0.15) is 28.2 Å². The van der Waals surface area contributed by atoms with Crippen molar-refractivity contribution < 1.29 is 9.59 Å². The molecule has 2 fully saturated rings. The molecule has 40 heavy (non-hydrogen) atoms. The number of thiocarbonyl (C=S) groups is 1. The van der Waals surface area contributed by atoms with Crippen LogP contribution in [0.4, 0.5) is 5.69 Å². The standard InChI is InChI=1S/C32H27N3O2S3/c1-33-20-26(24-16-17-39-21-24)32(29(37)35(30(38)40-32)19-23-12-6-3-7-13-23)31(33)25-14-8-9-15-27(25)34(28(31)36)18-22-10-4-2-5-11-22/h2-17,21,26H,18-20H2,1H3. The fourth-order valence-electron chi connectivity index (χ4n) is 6.85. The normalized spacial score (nSPS) is 26.0. The van der Waals surface area contributed by atoms with Crippen LogP contribution in [0.25, 0.3) is 0 Å². The van der Waals surface area contributed by atoms with Crippen LogP contribution >= 0.6 is 35.3 Å². The Morgan fingerprint density at radius 3 is 2.10 bits per heavy atom. The fourth-order valence-corrected chi connectivity index (χ4v) is 9.69. The number of carbonyl (C=O) groups excluding carboxylic acids is 2. The predicted molar refractivity (Wildman–Crippen MR) is 165 cm³/mol. The van der Waals surface area contributed by atoms with Gasteiger partial charge in [0.2, 0.25) is 5.91 Å². The van der Waals surface area contributed by atoms with Gasteiger partial charge in [0.05, 0.1) is 13.1 Å². The van der Waals surface area contributed by atoms with Crippen molar-refractivity contribution in [3.05, 3.63) is 124 Å². The minimum atomic E-state index is -1.21. The van der Waals surface area contributed by atoms with E-state index in [1.54, 1.807) is 16.2 Å². The SMILES string of the molecule is CN1CC(c2ccsc2)C2(SC(=S)N(Cc3ccccc3)C2=O)C12C(=O)N(Cc1ccccc1)c1ccccc12. The Kier molecular flexibility index (Phi) is 6.20. The summed E-state index contributed by atoms with van der Waals surface area (Å²) in [7, 11) is 1.99. The summed E-state index contributed by atoms with van der Waals surface area (Å²) in [5.41, 5.74) is 3.65. The summed E-state index contributed by atoms with van der Waals surface area (Å²) < 4.78 is -0.622. The van der Waals surface area contributed by atoms with Crippen molar-refractivity contribution in [2.45, 2.75) is 29.3 Å². The minimum absolute atomic E-state index is 0.0667. The van der Waals surface area contributed by atoms with E-state index in [2.05, 4.69) is 16.3 Å². The molecule has 2 saturated heterocycles. The van der Waals surface area contributed by atoms with Crippen LogP contribution in [0.15, 0.2) is 102 Å². The van der Waals surface area contributed by atoms with Crippen molar-refractivity contribution in [2.24, 2.45) is 0 Å². The summed E-state index contributed by atoms with van der Waals surface area (Å²) in [6.45, 7) is 1.38. The van der Waals surface area contributed by atoms with Crippen LogP contribution in [0, 0.1) is 0 Å². The van der Waals surface area contributed by atoms with E-state index in [4.69, 9.17) is 12.2 Å². The first-order valence-electron chi connectivity index (χ1n) is 13.3. The van der Waals surface area contributed by atoms with Crippen LogP contribution in [0.2, 0.25) is 0 Å². The monoisotopic (exact) mass is 581 g/mol. The van der Waals surface area contributed by atoms with E-state index in [9.17, 15) is 0 Å². The van der Waals surface area contributed by atoms with E-state index < -0.39 is 10.3 Å². The molecule has 4 heterocycles. The Labute approximate surface area is 247 Å². The van der Waals surface area contributed by atoms with Crippen molar-refractivity contribution in [3.63, 3.8) is 0 Å². The van der Waals surface area contributed by atoms with Crippen LogP contribution < -0.4 is 4.90 Å². The van der Waals surface area contributed by atoms with E-state index in [0.29, 0.717) is 24.0 Å². The first kappa shape index (κ1) is 25.7. The Morgan fingerprint density at radius 2 is 1.45 bits per heavy atom. The van der Waals surface area contributed by atoms with Crippen LogP contribution in [-0.2, 0) is 28.2 Å². The van der Waals surface area contributed by atoms with Gasteiger partial charge in [-0.2, -0.15) is 11.3 Å². The molecule has 3 unspecified atom stereocenters. The number of nitrogens with zero attached hydrogens (tertiary/aromatic N) is 3. The number of rotatable bonds is 5. The summed E-state index contributed by atoms with van der Waals surface area (Å²) in [4.78, 5) is 35.8. The molecule has 3 aromatic carbocycles. The molecule has 0 aliphatic carbocycles. The third-order valence-corrected chi connectivity index (χ3v) is 11.2. The van der Waals surface area contributed by atoms with Crippen molar-refractivity contribution in [1.29, 1.82) is 0 Å². The zero-order valence-electron chi connectivity index (χ0n) is 21.9. The van der Waals surface area contributed by atoms with Crippen LogP contribution in [-0.4, -0.2) is 44.3 Å². The molecule has 0 bridgehead atoms. The molecule has 0 saturated carbocycles. The van der Waals surface area contributed by atoms with E-state index in [0.717, 1.165) is 27.9 Å². The number of fused-ring (bicyclic) bond motifs is 3. The first-order valence-corrected chi connectivity index (χ1v) is 15.4. The second-order valence-electron chi connectivity index (χ2n) is 10.6. The molecule has 5 nitrogen and oxygen atoms in total. The average molecular weight is 582 g/mol. The molecule has 200 valence electrons. The molecule has 1 aromatic heterocycles. The highest BCUT2D eigenvalue weighted by atomic mass is 32.2. The zero-order valence-corrected chi connectivity index (χ0v) is 24.3. The summed E-state index contributed by atoms with van der Waals surface area (Å²) in [5, 5.41) is 4.16. The van der Waals surface area contributed by atoms with Gasteiger partial charge in [-0.3, -0.25) is 19.4 Å². The Hall–Kier alpha value is -3.30. The smallest absolute Gasteiger partial charge is 0.254 e. The largest absolute Gasteiger partial charge is 0.306 e. The lowest BCUT2D eigenvalue weighted by Gasteiger charge is -2.42. The molecule has 2 amide bonds. The van der Waals surface area contributed by atoms with Gasteiger partial charge >= 0.3 is 0 Å². The summed E-state index contributed by atoms with van der Waals surface area (Å²) >= 11 is 8.99. The Bertz CT molecular complexity index is 1610. The third kappa shape index (κ3) is 3.46. The summed E-state index contributed by atoms with van der Waals surface area (Å²) in [6.07, 6.45) is 0. The van der Waals surface area contributed by atoms with Gasteiger partial charge in [0.25, 0.3) is 5.91 Å². The van der Waals surface area contributed by atoms with Crippen LogP contribution in [0.3, 0.4) is 0 Å². The molecule has 2 spiro atoms. The minimum Gasteiger partial charge on any atom is -0.306 e. The van der Waals surface area contributed by atoms with Gasteiger partial charge in [-0.15, -0.1) is 0 Å². The molecular formula is C32H27N3O2S3. The highest BCUT2D eigenvalue weighted by Gasteiger charge is 2.78. The number of para-hydroxylation sites is 1. The molecule has 4 aromatic rings. The number of hydrogen-bond acceptors (Lipinski definition) is 6. The average Bonchev–Trinajstić information content (AvgIpc) is 3.71. The molecule has 8 heteroatoms. The molecule has 3 atom stereocenters. The number of thiophene rings is 1. The number of carbonyl (C=O) groups is 2. The van der Waals surface area contributed by atoms with Crippen molar-refractivity contribution in [2.75, 3.05) is 18.5 Å². The van der Waals surface area contributed by atoms with E-state index >= 15 is 9.59 Å². The number of amides is 2. The fraction of sp³-hybridized carbons (Fsp3) is 0.219. The van der Waals surface area contributed by atoms with Gasteiger partial charge < -0.3 is 4.90 Å².